The van der Waals surface area contributed by atoms with Gasteiger partial charge >= 0.3 is 0 Å². The molecule has 3 N–H and O–H groups in total. The zero-order valence-electron chi connectivity index (χ0n) is 11.4. The standard InChI is InChI=1S/C14H21BrN2O2/c1-10(2)9-19-8-4-7-17-14(18)11-5-3-6-12(16)13(11)15/h3,5-6,10H,4,7-9,16H2,1-2H3,(H,17,18). The van der Waals surface area contributed by atoms with Gasteiger partial charge in [-0.3, -0.25) is 4.79 Å². The van der Waals surface area contributed by atoms with E-state index in [0.29, 0.717) is 34.8 Å². The van der Waals surface area contributed by atoms with E-state index in [9.17, 15) is 4.79 Å². The van der Waals surface area contributed by atoms with Gasteiger partial charge in [0.15, 0.2) is 0 Å². The van der Waals surface area contributed by atoms with Gasteiger partial charge in [-0.25, -0.2) is 0 Å². The molecule has 0 aromatic heterocycles. The molecule has 0 atom stereocenters. The van der Waals surface area contributed by atoms with Crippen molar-refractivity contribution in [2.45, 2.75) is 20.3 Å². The number of hydrogen-bond donors (Lipinski definition) is 2. The lowest BCUT2D eigenvalue weighted by Crippen LogP contribution is -2.26. The van der Waals surface area contributed by atoms with Crippen molar-refractivity contribution in [1.82, 2.24) is 5.32 Å². The van der Waals surface area contributed by atoms with Crippen LogP contribution in [0.5, 0.6) is 0 Å². The fraction of sp³-hybridized carbons (Fsp3) is 0.500. The molecule has 0 bridgehead atoms. The molecule has 0 unspecified atom stereocenters. The van der Waals surface area contributed by atoms with Crippen LogP contribution >= 0.6 is 15.9 Å². The number of benzene rings is 1. The van der Waals surface area contributed by atoms with Gasteiger partial charge in [-0.05, 0) is 40.4 Å². The number of rotatable bonds is 7. The van der Waals surface area contributed by atoms with Crippen LogP contribution in [0.2, 0.25) is 0 Å². The van der Waals surface area contributed by atoms with Crippen LogP contribution in [-0.2, 0) is 4.74 Å². The van der Waals surface area contributed by atoms with Crippen molar-refractivity contribution in [3.8, 4) is 0 Å². The maximum atomic E-state index is 11.9. The first-order chi connectivity index (χ1) is 9.02. The molecular weight excluding hydrogens is 308 g/mol. The molecule has 1 rings (SSSR count). The van der Waals surface area contributed by atoms with Crippen LogP contribution in [0.3, 0.4) is 0 Å². The van der Waals surface area contributed by atoms with Crippen LogP contribution < -0.4 is 11.1 Å². The number of carbonyl (C=O) groups excluding carboxylic acids is 1. The highest BCUT2D eigenvalue weighted by atomic mass is 79.9. The number of nitrogens with two attached hydrogens (primary N) is 1. The summed E-state index contributed by atoms with van der Waals surface area (Å²) >= 11 is 3.32. The molecule has 106 valence electrons. The van der Waals surface area contributed by atoms with Gasteiger partial charge in [-0.2, -0.15) is 0 Å². The van der Waals surface area contributed by atoms with Gasteiger partial charge in [-0.15, -0.1) is 0 Å². The minimum Gasteiger partial charge on any atom is -0.398 e. The Labute approximate surface area is 122 Å². The molecule has 0 aliphatic carbocycles. The fourth-order valence-electron chi connectivity index (χ4n) is 1.52. The molecule has 1 aromatic carbocycles. The van der Waals surface area contributed by atoms with Gasteiger partial charge < -0.3 is 15.8 Å². The third-order valence-electron chi connectivity index (χ3n) is 2.48. The first kappa shape index (κ1) is 16.0. The third-order valence-corrected chi connectivity index (χ3v) is 3.36. The number of anilines is 1. The number of amides is 1. The highest BCUT2D eigenvalue weighted by molar-refractivity contribution is 9.10. The van der Waals surface area contributed by atoms with Gasteiger partial charge in [0, 0.05) is 25.4 Å². The van der Waals surface area contributed by atoms with Crippen LogP contribution in [0.1, 0.15) is 30.6 Å². The minimum absolute atomic E-state index is 0.122. The summed E-state index contributed by atoms with van der Waals surface area (Å²) in [4.78, 5) is 11.9. The van der Waals surface area contributed by atoms with Crippen LogP contribution in [0, 0.1) is 5.92 Å². The Morgan fingerprint density at radius 2 is 2.21 bits per heavy atom. The lowest BCUT2D eigenvalue weighted by Gasteiger charge is -2.09. The molecule has 19 heavy (non-hydrogen) atoms. The lowest BCUT2D eigenvalue weighted by atomic mass is 10.2. The maximum Gasteiger partial charge on any atom is 0.252 e. The molecule has 0 aliphatic heterocycles. The van der Waals surface area contributed by atoms with Crippen molar-refractivity contribution in [3.05, 3.63) is 28.2 Å². The average Bonchev–Trinajstić information content (AvgIpc) is 2.36. The molecule has 0 saturated carbocycles. The van der Waals surface area contributed by atoms with Crippen LogP contribution in [0.15, 0.2) is 22.7 Å². The van der Waals surface area contributed by atoms with E-state index in [1.165, 1.54) is 0 Å². The van der Waals surface area contributed by atoms with Crippen molar-refractivity contribution < 1.29 is 9.53 Å². The molecular formula is C14H21BrN2O2. The van der Waals surface area contributed by atoms with E-state index >= 15 is 0 Å². The van der Waals surface area contributed by atoms with E-state index in [0.717, 1.165) is 13.0 Å². The van der Waals surface area contributed by atoms with Crippen molar-refractivity contribution >= 4 is 27.5 Å². The molecule has 0 heterocycles. The van der Waals surface area contributed by atoms with Gasteiger partial charge in [0.1, 0.15) is 0 Å². The Morgan fingerprint density at radius 3 is 2.89 bits per heavy atom. The number of ether oxygens (including phenoxy) is 1. The van der Waals surface area contributed by atoms with Crippen LogP contribution in [-0.4, -0.2) is 25.7 Å². The molecule has 0 aliphatic rings. The smallest absolute Gasteiger partial charge is 0.252 e. The molecule has 5 heteroatoms. The van der Waals surface area contributed by atoms with Gasteiger partial charge in [0.2, 0.25) is 0 Å². The lowest BCUT2D eigenvalue weighted by molar-refractivity contribution is 0.0924. The Bertz CT molecular complexity index is 422. The zero-order valence-corrected chi connectivity index (χ0v) is 13.0. The molecule has 4 nitrogen and oxygen atoms in total. The maximum absolute atomic E-state index is 11.9. The van der Waals surface area contributed by atoms with Crippen molar-refractivity contribution in [3.63, 3.8) is 0 Å². The highest BCUT2D eigenvalue weighted by Gasteiger charge is 2.10. The highest BCUT2D eigenvalue weighted by Crippen LogP contribution is 2.23. The van der Waals surface area contributed by atoms with Gasteiger partial charge in [-0.1, -0.05) is 19.9 Å². The summed E-state index contributed by atoms with van der Waals surface area (Å²) in [7, 11) is 0. The van der Waals surface area contributed by atoms with Crippen molar-refractivity contribution in [1.29, 1.82) is 0 Å². The normalized spacial score (nSPS) is 10.7. The summed E-state index contributed by atoms with van der Waals surface area (Å²) in [6.07, 6.45) is 0.804. The summed E-state index contributed by atoms with van der Waals surface area (Å²) in [6.45, 7) is 6.24. The Balaban J connectivity index is 2.30. The largest absolute Gasteiger partial charge is 0.398 e. The minimum atomic E-state index is -0.122. The van der Waals surface area contributed by atoms with Crippen molar-refractivity contribution in [2.24, 2.45) is 5.92 Å². The second-order valence-corrected chi connectivity index (χ2v) is 5.58. The van der Waals surface area contributed by atoms with Crippen molar-refractivity contribution in [2.75, 3.05) is 25.5 Å². The SMILES string of the molecule is CC(C)COCCCNC(=O)c1cccc(N)c1Br. The molecule has 1 amide bonds. The zero-order chi connectivity index (χ0) is 14.3. The van der Waals surface area contributed by atoms with Gasteiger partial charge in [0.25, 0.3) is 5.91 Å². The predicted molar refractivity (Wildman–Crippen MR) is 81.2 cm³/mol. The third kappa shape index (κ3) is 5.61. The Hall–Kier alpha value is -1.07. The first-order valence-corrected chi connectivity index (χ1v) is 7.21. The van der Waals surface area contributed by atoms with E-state index in [1.54, 1.807) is 18.2 Å². The van der Waals surface area contributed by atoms with Crippen LogP contribution in [0.4, 0.5) is 5.69 Å². The summed E-state index contributed by atoms with van der Waals surface area (Å²) in [5, 5.41) is 2.85. The number of carbonyl (C=O) groups is 1. The number of hydrogen-bond acceptors (Lipinski definition) is 3. The summed E-state index contributed by atoms with van der Waals surface area (Å²) in [5.74, 6) is 0.417. The van der Waals surface area contributed by atoms with Gasteiger partial charge in [0.05, 0.1) is 10.0 Å². The topological polar surface area (TPSA) is 64.3 Å². The molecule has 0 fully saturated rings. The summed E-state index contributed by atoms with van der Waals surface area (Å²) in [5.41, 5.74) is 6.86. The van der Waals surface area contributed by atoms with E-state index < -0.39 is 0 Å². The Kier molecular flexibility index (Phi) is 6.87. The number of halogens is 1. The van der Waals surface area contributed by atoms with E-state index in [4.69, 9.17) is 10.5 Å². The van der Waals surface area contributed by atoms with Crippen LogP contribution in [0.25, 0.3) is 0 Å². The predicted octanol–water partition coefficient (Wildman–Crippen LogP) is 2.82. The quantitative estimate of drug-likeness (QED) is 0.597. The Morgan fingerprint density at radius 1 is 1.47 bits per heavy atom. The molecule has 1 aromatic rings. The molecule has 0 saturated heterocycles. The van der Waals surface area contributed by atoms with E-state index in [2.05, 4.69) is 35.1 Å². The van der Waals surface area contributed by atoms with E-state index in [-0.39, 0.29) is 5.91 Å². The molecule has 0 radical (unpaired) electrons. The average molecular weight is 329 g/mol. The first-order valence-electron chi connectivity index (χ1n) is 6.42. The second-order valence-electron chi connectivity index (χ2n) is 4.79. The molecule has 0 spiro atoms. The van der Waals surface area contributed by atoms with E-state index in [1.807, 2.05) is 0 Å². The number of nitrogen functional groups attached to an aromatic ring is 1. The second kappa shape index (κ2) is 8.17. The fourth-order valence-corrected chi connectivity index (χ4v) is 1.96. The monoisotopic (exact) mass is 328 g/mol. The summed E-state index contributed by atoms with van der Waals surface area (Å²) in [6, 6.07) is 5.26. The number of nitrogens with one attached hydrogen (secondary N) is 1. The summed E-state index contributed by atoms with van der Waals surface area (Å²) < 4.78 is 6.09.